The highest BCUT2D eigenvalue weighted by Crippen LogP contribution is 2.26. The van der Waals surface area contributed by atoms with Crippen molar-refractivity contribution in [3.63, 3.8) is 0 Å². The molecule has 1 aliphatic heterocycles. The molecular formula is C23H31NO6. The highest BCUT2D eigenvalue weighted by Gasteiger charge is 2.39. The predicted molar refractivity (Wildman–Crippen MR) is 114 cm³/mol. The zero-order valence-electron chi connectivity index (χ0n) is 18.4. The van der Waals surface area contributed by atoms with Gasteiger partial charge in [-0.15, -0.1) is 0 Å². The molecule has 0 aliphatic carbocycles. The largest absolute Gasteiger partial charge is 0.451 e. The molecule has 1 unspecified atom stereocenters. The minimum absolute atomic E-state index is 0.184. The molecule has 0 spiro atoms. The topological polar surface area (TPSA) is 99.1 Å². The molecule has 0 saturated carbocycles. The lowest BCUT2D eigenvalue weighted by atomic mass is 9.90. The second-order valence-electron chi connectivity index (χ2n) is 7.39. The molecule has 30 heavy (non-hydrogen) atoms. The van der Waals surface area contributed by atoms with Crippen LogP contribution in [0.5, 0.6) is 0 Å². The Morgan fingerprint density at radius 3 is 2.57 bits per heavy atom. The third-order valence-corrected chi connectivity index (χ3v) is 4.76. The Hall–Kier alpha value is -2.83. The van der Waals surface area contributed by atoms with Crippen molar-refractivity contribution in [3.8, 4) is 0 Å². The fraction of sp³-hybridized carbons (Fsp3) is 0.522. The van der Waals surface area contributed by atoms with Crippen LogP contribution in [0, 0.1) is 11.8 Å². The lowest BCUT2D eigenvalue weighted by Crippen LogP contribution is -2.37. The van der Waals surface area contributed by atoms with Gasteiger partial charge >= 0.3 is 12.1 Å². The van der Waals surface area contributed by atoms with E-state index in [0.717, 1.165) is 18.4 Å². The molecule has 0 aromatic rings. The van der Waals surface area contributed by atoms with Gasteiger partial charge in [-0.05, 0) is 45.1 Å². The number of cyclic esters (lactones) is 1. The van der Waals surface area contributed by atoms with Gasteiger partial charge in [0.05, 0.1) is 7.11 Å². The monoisotopic (exact) mass is 417 g/mol. The van der Waals surface area contributed by atoms with Crippen molar-refractivity contribution >= 4 is 29.8 Å². The van der Waals surface area contributed by atoms with Gasteiger partial charge in [0.15, 0.2) is 17.5 Å². The van der Waals surface area contributed by atoms with Gasteiger partial charge in [0.1, 0.15) is 5.76 Å². The molecule has 0 aromatic heterocycles. The van der Waals surface area contributed by atoms with Gasteiger partial charge in [0.2, 0.25) is 0 Å². The molecule has 2 atom stereocenters. The summed E-state index contributed by atoms with van der Waals surface area (Å²) in [7, 11) is 1.25. The number of Topliss-reactive ketones (excluding diaryl/α,β-unsaturated/α-hetero) is 1. The number of carbonyl (C=O) groups excluding carboxylic acids is 4. The molecule has 164 valence electrons. The van der Waals surface area contributed by atoms with E-state index in [-0.39, 0.29) is 11.7 Å². The van der Waals surface area contributed by atoms with Gasteiger partial charge in [0, 0.05) is 18.2 Å². The molecule has 1 amide bonds. The van der Waals surface area contributed by atoms with E-state index in [1.807, 2.05) is 19.9 Å². The Morgan fingerprint density at radius 1 is 1.27 bits per heavy atom. The Balaban J connectivity index is 2.73. The summed E-state index contributed by atoms with van der Waals surface area (Å²) in [6, 6.07) is 0. The van der Waals surface area contributed by atoms with Crippen molar-refractivity contribution in [2.24, 2.45) is 16.8 Å². The highest BCUT2D eigenvalue weighted by molar-refractivity contribution is 6.26. The number of esters is 1. The van der Waals surface area contributed by atoms with Crippen LogP contribution in [0.15, 0.2) is 40.1 Å². The number of rotatable bonds is 10. The number of hydrogen-bond acceptors (Lipinski definition) is 6. The first-order valence-electron chi connectivity index (χ1n) is 10.2. The number of aliphatic imine (C=N–C) groups is 1. The predicted octanol–water partition coefficient (Wildman–Crippen LogP) is 4.52. The van der Waals surface area contributed by atoms with Gasteiger partial charge < -0.3 is 9.47 Å². The quantitative estimate of drug-likeness (QED) is 0.129. The van der Waals surface area contributed by atoms with E-state index >= 15 is 0 Å². The first-order valence-corrected chi connectivity index (χ1v) is 10.2. The van der Waals surface area contributed by atoms with Crippen LogP contribution in [0.25, 0.3) is 0 Å². The summed E-state index contributed by atoms with van der Waals surface area (Å²) >= 11 is 0. The van der Waals surface area contributed by atoms with E-state index in [1.54, 1.807) is 13.0 Å². The number of methoxy groups -OCH3 is 1. The number of allylic oxidation sites excluding steroid dienone is 6. The molecule has 0 radical (unpaired) electrons. The molecule has 0 aromatic carbocycles. The molecule has 7 nitrogen and oxygen atoms in total. The Morgan fingerprint density at radius 2 is 1.97 bits per heavy atom. The number of unbranched alkanes of at least 4 members (excludes halogenated alkanes) is 1. The summed E-state index contributed by atoms with van der Waals surface area (Å²) in [4.78, 5) is 51.9. The molecule has 0 N–H and O–H groups in total. The number of ether oxygens (including phenoxy) is 2. The summed E-state index contributed by atoms with van der Waals surface area (Å²) < 4.78 is 9.71. The maximum absolute atomic E-state index is 12.6. The standard InChI is InChI=1S/C23H31NO6/c1-6-9-15(2)11-12-17(4)21(26)20-18(25)14-19(30-22(20)27)16(3)10-7-8-13-24-23(28)29-5/h11-14,16,20H,6-10H2,1-5H3/b15-11+,17-12+,24-13+/t16-,20?/m1/s1. The molecule has 7 heteroatoms. The van der Waals surface area contributed by atoms with Gasteiger partial charge in [-0.2, -0.15) is 4.99 Å². The third kappa shape index (κ3) is 7.89. The summed E-state index contributed by atoms with van der Waals surface area (Å²) in [5.74, 6) is -3.27. The summed E-state index contributed by atoms with van der Waals surface area (Å²) in [5, 5.41) is 0. The first kappa shape index (κ1) is 25.2. The first-order chi connectivity index (χ1) is 14.2. The SMILES string of the molecule is CCC/C(C)=C/C=C(\C)C(=O)C1C(=O)C=C([C@H](C)CCC/C=N/C(=O)OC)OC1=O. The maximum atomic E-state index is 12.6. The van der Waals surface area contributed by atoms with E-state index in [4.69, 9.17) is 4.74 Å². The van der Waals surface area contributed by atoms with Crippen LogP contribution in [-0.2, 0) is 23.9 Å². The van der Waals surface area contributed by atoms with Crippen LogP contribution < -0.4 is 0 Å². The van der Waals surface area contributed by atoms with Crippen molar-refractivity contribution in [1.29, 1.82) is 0 Å². The smallest absolute Gasteiger partial charge is 0.432 e. The minimum atomic E-state index is -1.44. The second kappa shape index (κ2) is 12.7. The van der Waals surface area contributed by atoms with Crippen LogP contribution in [0.3, 0.4) is 0 Å². The number of ketones is 2. The van der Waals surface area contributed by atoms with Crippen LogP contribution in [0.1, 0.15) is 59.8 Å². The van der Waals surface area contributed by atoms with Crippen molar-refractivity contribution in [1.82, 2.24) is 0 Å². The van der Waals surface area contributed by atoms with E-state index < -0.39 is 29.5 Å². The molecule has 0 fully saturated rings. The fourth-order valence-electron chi connectivity index (χ4n) is 2.93. The molecular weight excluding hydrogens is 386 g/mol. The van der Waals surface area contributed by atoms with Crippen LogP contribution in [-0.4, -0.2) is 37.0 Å². The van der Waals surface area contributed by atoms with Gasteiger partial charge in [-0.1, -0.05) is 38.0 Å². The number of carbonyl (C=O) groups is 4. The summed E-state index contributed by atoms with van der Waals surface area (Å²) in [6.07, 6.45) is 9.30. The summed E-state index contributed by atoms with van der Waals surface area (Å²) in [5.41, 5.74) is 1.46. The van der Waals surface area contributed by atoms with Crippen molar-refractivity contribution in [2.45, 2.75) is 59.8 Å². The Kier molecular flexibility index (Phi) is 10.6. The molecule has 0 bridgehead atoms. The Bertz CT molecular complexity index is 788. The number of amides is 1. The van der Waals surface area contributed by atoms with Crippen LogP contribution >= 0.6 is 0 Å². The average Bonchev–Trinajstić information content (AvgIpc) is 2.70. The van der Waals surface area contributed by atoms with Crippen molar-refractivity contribution in [2.75, 3.05) is 7.11 Å². The molecule has 1 heterocycles. The number of hydrogen-bond donors (Lipinski definition) is 0. The molecule has 1 aliphatic rings. The van der Waals surface area contributed by atoms with E-state index in [1.165, 1.54) is 19.4 Å². The maximum Gasteiger partial charge on any atom is 0.432 e. The highest BCUT2D eigenvalue weighted by atomic mass is 16.5. The zero-order valence-corrected chi connectivity index (χ0v) is 18.4. The van der Waals surface area contributed by atoms with Crippen molar-refractivity contribution in [3.05, 3.63) is 35.1 Å². The second-order valence-corrected chi connectivity index (χ2v) is 7.39. The van der Waals surface area contributed by atoms with E-state index in [2.05, 4.69) is 16.7 Å². The van der Waals surface area contributed by atoms with Crippen molar-refractivity contribution < 1.29 is 28.7 Å². The number of nitrogens with zero attached hydrogens (tertiary/aromatic N) is 1. The fourth-order valence-corrected chi connectivity index (χ4v) is 2.93. The Labute approximate surface area is 177 Å². The van der Waals surface area contributed by atoms with Gasteiger partial charge in [-0.3, -0.25) is 14.4 Å². The van der Waals surface area contributed by atoms with Gasteiger partial charge in [0.25, 0.3) is 0 Å². The van der Waals surface area contributed by atoms with Gasteiger partial charge in [-0.25, -0.2) is 4.79 Å². The molecule has 1 rings (SSSR count). The third-order valence-electron chi connectivity index (χ3n) is 4.76. The average molecular weight is 418 g/mol. The minimum Gasteiger partial charge on any atom is -0.451 e. The van der Waals surface area contributed by atoms with Crippen LogP contribution in [0.4, 0.5) is 4.79 Å². The zero-order chi connectivity index (χ0) is 22.7. The van der Waals surface area contributed by atoms with E-state index in [0.29, 0.717) is 24.8 Å². The lowest BCUT2D eigenvalue weighted by molar-refractivity contribution is -0.152. The van der Waals surface area contributed by atoms with Crippen LogP contribution in [0.2, 0.25) is 0 Å². The van der Waals surface area contributed by atoms with E-state index in [9.17, 15) is 19.2 Å². The lowest BCUT2D eigenvalue weighted by Gasteiger charge is -2.23. The molecule has 0 saturated heterocycles. The summed E-state index contributed by atoms with van der Waals surface area (Å²) in [6.45, 7) is 7.46. The normalized spacial score (nSPS) is 18.8.